The molecule has 0 saturated heterocycles. The van der Waals surface area contributed by atoms with Gasteiger partial charge in [-0.1, -0.05) is 32.0 Å². The second-order valence-corrected chi connectivity index (χ2v) is 6.51. The van der Waals surface area contributed by atoms with Crippen LogP contribution in [0.4, 0.5) is 0 Å². The summed E-state index contributed by atoms with van der Waals surface area (Å²) in [4.78, 5) is 23.7. The van der Waals surface area contributed by atoms with Crippen LogP contribution >= 0.6 is 0 Å². The van der Waals surface area contributed by atoms with Crippen molar-refractivity contribution in [1.29, 1.82) is 5.26 Å². The summed E-state index contributed by atoms with van der Waals surface area (Å²) in [5.74, 6) is 0.387. The van der Waals surface area contributed by atoms with Crippen molar-refractivity contribution < 1.29 is 4.79 Å². The minimum absolute atomic E-state index is 0.101. The number of nitriles is 1. The molecule has 2 aromatic rings. The molecular formula is C20H23N3O2. The lowest BCUT2D eigenvalue weighted by Gasteiger charge is -2.12. The number of carbonyl (C=O) groups is 1. The molecule has 0 radical (unpaired) electrons. The van der Waals surface area contributed by atoms with Crippen molar-refractivity contribution in [2.45, 2.75) is 40.3 Å². The molecule has 0 saturated carbocycles. The lowest BCUT2D eigenvalue weighted by atomic mass is 10.00. The average molecular weight is 337 g/mol. The standard InChI is InChI=1S/C20H23N3O2/c1-14(2)7-9-23-10-8-18(19(12-21)20(23)25)17-6-4-5-16(11-17)13-22-15(3)24/h4-6,8,10-11,14H,7,9,13H2,1-3H3,(H,22,24). The second-order valence-electron chi connectivity index (χ2n) is 6.51. The van der Waals surface area contributed by atoms with Crippen LogP contribution in [0.1, 0.15) is 38.3 Å². The second kappa shape index (κ2) is 8.29. The molecule has 1 aromatic carbocycles. The van der Waals surface area contributed by atoms with Gasteiger partial charge in [0.05, 0.1) is 0 Å². The summed E-state index contributed by atoms with van der Waals surface area (Å²) in [6.45, 7) is 6.69. The van der Waals surface area contributed by atoms with Crippen LogP contribution in [-0.2, 0) is 17.9 Å². The first-order valence-corrected chi connectivity index (χ1v) is 8.39. The van der Waals surface area contributed by atoms with Crippen LogP contribution in [0.3, 0.4) is 0 Å². The zero-order valence-electron chi connectivity index (χ0n) is 14.9. The number of hydrogen-bond acceptors (Lipinski definition) is 3. The van der Waals surface area contributed by atoms with Crippen LogP contribution in [0.25, 0.3) is 11.1 Å². The van der Waals surface area contributed by atoms with Crippen molar-refractivity contribution in [3.05, 3.63) is 58.0 Å². The van der Waals surface area contributed by atoms with E-state index in [-0.39, 0.29) is 17.0 Å². The lowest BCUT2D eigenvalue weighted by Crippen LogP contribution is -2.23. The van der Waals surface area contributed by atoms with Crippen LogP contribution in [-0.4, -0.2) is 10.5 Å². The summed E-state index contributed by atoms with van der Waals surface area (Å²) >= 11 is 0. The maximum atomic E-state index is 12.6. The van der Waals surface area contributed by atoms with Crippen LogP contribution in [0.5, 0.6) is 0 Å². The van der Waals surface area contributed by atoms with E-state index in [1.165, 1.54) is 6.92 Å². The van der Waals surface area contributed by atoms with E-state index in [9.17, 15) is 14.9 Å². The van der Waals surface area contributed by atoms with Gasteiger partial charge in [0.15, 0.2) is 0 Å². The maximum absolute atomic E-state index is 12.6. The van der Waals surface area contributed by atoms with Crippen LogP contribution in [0.2, 0.25) is 0 Å². The van der Waals surface area contributed by atoms with Crippen molar-refractivity contribution in [3.63, 3.8) is 0 Å². The zero-order valence-corrected chi connectivity index (χ0v) is 14.9. The van der Waals surface area contributed by atoms with E-state index in [1.54, 1.807) is 10.8 Å². The van der Waals surface area contributed by atoms with E-state index in [0.29, 0.717) is 24.6 Å². The fourth-order valence-electron chi connectivity index (χ4n) is 2.57. The van der Waals surface area contributed by atoms with E-state index in [1.807, 2.05) is 30.3 Å². The first-order valence-electron chi connectivity index (χ1n) is 8.39. The maximum Gasteiger partial charge on any atom is 0.269 e. The number of nitrogens with one attached hydrogen (secondary N) is 1. The Hall–Kier alpha value is -2.87. The Morgan fingerprint density at radius 1 is 1.32 bits per heavy atom. The number of amides is 1. The highest BCUT2D eigenvalue weighted by molar-refractivity contribution is 5.73. The molecule has 0 fully saturated rings. The van der Waals surface area contributed by atoms with Crippen molar-refractivity contribution in [2.24, 2.45) is 5.92 Å². The Morgan fingerprint density at radius 2 is 2.08 bits per heavy atom. The summed E-state index contributed by atoms with van der Waals surface area (Å²) in [7, 11) is 0. The zero-order chi connectivity index (χ0) is 18.4. The predicted molar refractivity (Wildman–Crippen MR) is 97.8 cm³/mol. The molecular weight excluding hydrogens is 314 g/mol. The fourth-order valence-corrected chi connectivity index (χ4v) is 2.57. The molecule has 2 rings (SSSR count). The topological polar surface area (TPSA) is 74.9 Å². The Balaban J connectivity index is 2.38. The molecule has 0 aliphatic heterocycles. The Bertz CT molecular complexity index is 860. The highest BCUT2D eigenvalue weighted by atomic mass is 16.1. The SMILES string of the molecule is CC(=O)NCc1cccc(-c2ccn(CCC(C)C)c(=O)c2C#N)c1. The molecule has 0 unspecified atom stereocenters. The summed E-state index contributed by atoms with van der Waals surface area (Å²) in [6, 6.07) is 11.4. The van der Waals surface area contributed by atoms with Gasteiger partial charge in [0, 0.05) is 31.8 Å². The molecule has 0 aliphatic rings. The fraction of sp³-hybridized carbons (Fsp3) is 0.350. The number of pyridine rings is 1. The number of hydrogen-bond donors (Lipinski definition) is 1. The number of carbonyl (C=O) groups excluding carboxylic acids is 1. The van der Waals surface area contributed by atoms with Crippen molar-refractivity contribution in [2.75, 3.05) is 0 Å². The molecule has 25 heavy (non-hydrogen) atoms. The smallest absolute Gasteiger partial charge is 0.269 e. The molecule has 0 atom stereocenters. The third-order valence-corrected chi connectivity index (χ3v) is 4.00. The van der Waals surface area contributed by atoms with E-state index in [2.05, 4.69) is 25.2 Å². The van der Waals surface area contributed by atoms with Crippen LogP contribution in [0.15, 0.2) is 41.3 Å². The van der Waals surface area contributed by atoms with Crippen LogP contribution in [0, 0.1) is 17.2 Å². The van der Waals surface area contributed by atoms with Crippen molar-refractivity contribution >= 4 is 5.91 Å². The van der Waals surface area contributed by atoms with Crippen LogP contribution < -0.4 is 10.9 Å². The van der Waals surface area contributed by atoms with Gasteiger partial charge >= 0.3 is 0 Å². The van der Waals surface area contributed by atoms with Gasteiger partial charge in [0.25, 0.3) is 5.56 Å². The summed E-state index contributed by atoms with van der Waals surface area (Å²) in [5, 5.41) is 12.2. The minimum atomic E-state index is -0.257. The Labute approximate surface area is 147 Å². The molecule has 0 spiro atoms. The largest absolute Gasteiger partial charge is 0.352 e. The van der Waals surface area contributed by atoms with Gasteiger partial charge in [-0.25, -0.2) is 0 Å². The first-order chi connectivity index (χ1) is 11.9. The van der Waals surface area contributed by atoms with E-state index >= 15 is 0 Å². The van der Waals surface area contributed by atoms with E-state index in [4.69, 9.17) is 0 Å². The molecule has 130 valence electrons. The lowest BCUT2D eigenvalue weighted by molar-refractivity contribution is -0.119. The van der Waals surface area contributed by atoms with Gasteiger partial charge in [0.2, 0.25) is 5.91 Å². The van der Waals surface area contributed by atoms with Gasteiger partial charge in [0.1, 0.15) is 11.6 Å². The molecule has 5 heteroatoms. The van der Waals surface area contributed by atoms with E-state index < -0.39 is 0 Å². The molecule has 0 aliphatic carbocycles. The minimum Gasteiger partial charge on any atom is -0.352 e. The summed E-state index contributed by atoms with van der Waals surface area (Å²) in [5.41, 5.74) is 2.24. The van der Waals surface area contributed by atoms with Crippen molar-refractivity contribution in [3.8, 4) is 17.2 Å². The third kappa shape index (κ3) is 4.80. The number of rotatable bonds is 6. The van der Waals surface area contributed by atoms with Gasteiger partial charge in [-0.3, -0.25) is 9.59 Å². The molecule has 1 N–H and O–H groups in total. The van der Waals surface area contributed by atoms with Gasteiger partial charge < -0.3 is 9.88 Å². The quantitative estimate of drug-likeness (QED) is 0.880. The van der Waals surface area contributed by atoms with E-state index in [0.717, 1.165) is 17.5 Å². The monoisotopic (exact) mass is 337 g/mol. The molecule has 1 amide bonds. The number of benzene rings is 1. The highest BCUT2D eigenvalue weighted by Gasteiger charge is 2.12. The molecule has 1 heterocycles. The highest BCUT2D eigenvalue weighted by Crippen LogP contribution is 2.22. The number of nitrogens with zero attached hydrogens (tertiary/aromatic N) is 2. The normalized spacial score (nSPS) is 10.5. The predicted octanol–water partition coefficient (Wildman–Crippen LogP) is 3.07. The number of aromatic nitrogens is 1. The third-order valence-electron chi connectivity index (χ3n) is 4.00. The average Bonchev–Trinajstić information content (AvgIpc) is 2.58. The van der Waals surface area contributed by atoms with Gasteiger partial charge in [-0.2, -0.15) is 5.26 Å². The Morgan fingerprint density at radius 3 is 2.72 bits per heavy atom. The summed E-state index contributed by atoms with van der Waals surface area (Å²) in [6.07, 6.45) is 2.64. The van der Waals surface area contributed by atoms with Gasteiger partial charge in [-0.05, 0) is 35.6 Å². The Kier molecular flexibility index (Phi) is 6.13. The van der Waals surface area contributed by atoms with Crippen molar-refractivity contribution in [1.82, 2.24) is 9.88 Å². The molecule has 0 bridgehead atoms. The molecule has 5 nitrogen and oxygen atoms in total. The molecule has 1 aromatic heterocycles. The summed E-state index contributed by atoms with van der Waals surface area (Å²) < 4.78 is 1.60. The number of aryl methyl sites for hydroxylation is 1. The van der Waals surface area contributed by atoms with Gasteiger partial charge in [-0.15, -0.1) is 0 Å². The first kappa shape index (κ1) is 18.5.